The summed E-state index contributed by atoms with van der Waals surface area (Å²) in [6, 6.07) is 14.2. The SMILES string of the molecule is CN1CCc2ccc(O)c(Sc3ccccc3)c2CC1.O=S(=O)(O)O. The average molecular weight is 383 g/mol. The van der Waals surface area contributed by atoms with Gasteiger partial charge in [0.2, 0.25) is 0 Å². The summed E-state index contributed by atoms with van der Waals surface area (Å²) in [5.41, 5.74) is 2.70. The summed E-state index contributed by atoms with van der Waals surface area (Å²) in [7, 11) is -2.50. The topological polar surface area (TPSA) is 98.1 Å². The van der Waals surface area contributed by atoms with Gasteiger partial charge in [0.1, 0.15) is 5.75 Å². The minimum Gasteiger partial charge on any atom is -0.507 e. The van der Waals surface area contributed by atoms with E-state index >= 15 is 0 Å². The fourth-order valence-corrected chi connectivity index (χ4v) is 3.67. The molecule has 1 heterocycles. The van der Waals surface area contributed by atoms with E-state index in [1.807, 2.05) is 24.3 Å². The Balaban J connectivity index is 0.000000399. The third-order valence-corrected chi connectivity index (χ3v) is 4.97. The van der Waals surface area contributed by atoms with E-state index in [9.17, 15) is 5.11 Å². The van der Waals surface area contributed by atoms with E-state index in [4.69, 9.17) is 17.5 Å². The second-order valence-electron chi connectivity index (χ2n) is 5.72. The van der Waals surface area contributed by atoms with Gasteiger partial charge in [0, 0.05) is 18.0 Å². The molecule has 6 nitrogen and oxygen atoms in total. The van der Waals surface area contributed by atoms with Crippen molar-refractivity contribution in [1.82, 2.24) is 4.90 Å². The molecule has 0 unspecified atom stereocenters. The second-order valence-corrected chi connectivity index (χ2v) is 7.70. The molecular formula is C17H21NO5S2. The van der Waals surface area contributed by atoms with Crippen molar-refractivity contribution in [3.05, 3.63) is 53.6 Å². The van der Waals surface area contributed by atoms with Crippen LogP contribution in [0.2, 0.25) is 0 Å². The molecule has 0 aromatic heterocycles. The van der Waals surface area contributed by atoms with Crippen LogP contribution in [0, 0.1) is 0 Å². The van der Waals surface area contributed by atoms with Crippen molar-refractivity contribution in [2.45, 2.75) is 22.6 Å². The van der Waals surface area contributed by atoms with Crippen molar-refractivity contribution < 1.29 is 22.6 Å². The molecule has 2 aromatic carbocycles. The molecular weight excluding hydrogens is 362 g/mol. The number of rotatable bonds is 2. The Kier molecular flexibility index (Phi) is 6.86. The first-order chi connectivity index (χ1) is 11.7. The fraction of sp³-hybridized carbons (Fsp3) is 0.294. The maximum atomic E-state index is 10.3. The quantitative estimate of drug-likeness (QED) is 0.686. The van der Waals surface area contributed by atoms with Crippen molar-refractivity contribution in [1.29, 1.82) is 0 Å². The molecule has 136 valence electrons. The number of aromatic hydroxyl groups is 1. The van der Waals surface area contributed by atoms with E-state index in [2.05, 4.69) is 30.1 Å². The average Bonchev–Trinajstić information content (AvgIpc) is 2.72. The van der Waals surface area contributed by atoms with E-state index in [1.54, 1.807) is 11.8 Å². The Morgan fingerprint density at radius 1 is 1.00 bits per heavy atom. The van der Waals surface area contributed by atoms with Gasteiger partial charge in [-0.15, -0.1) is 0 Å². The van der Waals surface area contributed by atoms with Gasteiger partial charge in [-0.2, -0.15) is 8.42 Å². The zero-order valence-electron chi connectivity index (χ0n) is 13.8. The first kappa shape index (κ1) is 19.7. The highest BCUT2D eigenvalue weighted by atomic mass is 32.3. The fourth-order valence-electron chi connectivity index (χ4n) is 2.61. The molecule has 0 spiro atoms. The highest BCUT2D eigenvalue weighted by molar-refractivity contribution is 7.99. The molecule has 25 heavy (non-hydrogen) atoms. The number of phenolic OH excluding ortho intramolecular Hbond substituents is 1. The standard InChI is InChI=1S/C17H19NOS.H2O4S/c1-18-11-9-13-7-8-16(19)17(15(13)10-12-18)20-14-5-3-2-4-6-14;1-5(2,3)4/h2-8,19H,9-12H2,1H3;(H2,1,2,3,4). The van der Waals surface area contributed by atoms with Crippen LogP contribution in [0.4, 0.5) is 0 Å². The Hall–Kier alpha value is -1.58. The van der Waals surface area contributed by atoms with Gasteiger partial charge in [-0.3, -0.25) is 9.11 Å². The van der Waals surface area contributed by atoms with Gasteiger partial charge in [-0.05, 0) is 49.2 Å². The third-order valence-electron chi connectivity index (χ3n) is 3.81. The predicted molar refractivity (Wildman–Crippen MR) is 97.8 cm³/mol. The molecule has 0 amide bonds. The molecule has 2 aromatic rings. The van der Waals surface area contributed by atoms with Crippen molar-refractivity contribution in [2.75, 3.05) is 20.1 Å². The minimum atomic E-state index is -4.67. The number of fused-ring (bicyclic) bond motifs is 1. The summed E-state index contributed by atoms with van der Waals surface area (Å²) in [5.74, 6) is 0.405. The lowest BCUT2D eigenvalue weighted by molar-refractivity contribution is 0.352. The maximum absolute atomic E-state index is 10.3. The molecule has 0 saturated carbocycles. The number of phenols is 1. The first-order valence-corrected chi connectivity index (χ1v) is 9.90. The van der Waals surface area contributed by atoms with Crippen LogP contribution < -0.4 is 0 Å². The molecule has 1 aliphatic rings. The molecule has 0 saturated heterocycles. The van der Waals surface area contributed by atoms with Gasteiger partial charge in [0.05, 0.1) is 4.90 Å². The summed E-state index contributed by atoms with van der Waals surface area (Å²) in [6.45, 7) is 2.14. The Bertz CT molecular complexity index is 801. The molecule has 0 radical (unpaired) electrons. The van der Waals surface area contributed by atoms with Crippen molar-refractivity contribution in [3.63, 3.8) is 0 Å². The Morgan fingerprint density at radius 3 is 2.24 bits per heavy atom. The van der Waals surface area contributed by atoms with E-state index < -0.39 is 10.4 Å². The molecule has 8 heteroatoms. The zero-order chi connectivity index (χ0) is 18.4. The highest BCUT2D eigenvalue weighted by Gasteiger charge is 2.18. The molecule has 0 aliphatic carbocycles. The Morgan fingerprint density at radius 2 is 1.60 bits per heavy atom. The summed E-state index contributed by atoms with van der Waals surface area (Å²) >= 11 is 1.67. The number of benzene rings is 2. The van der Waals surface area contributed by atoms with Gasteiger partial charge in [-0.1, -0.05) is 36.0 Å². The van der Waals surface area contributed by atoms with Gasteiger partial charge < -0.3 is 10.0 Å². The van der Waals surface area contributed by atoms with Crippen LogP contribution in [-0.4, -0.2) is 47.7 Å². The van der Waals surface area contributed by atoms with Crippen LogP contribution in [0.5, 0.6) is 5.75 Å². The van der Waals surface area contributed by atoms with Gasteiger partial charge in [-0.25, -0.2) is 0 Å². The first-order valence-electron chi connectivity index (χ1n) is 7.69. The molecule has 3 N–H and O–H groups in total. The summed E-state index contributed by atoms with van der Waals surface area (Å²) in [4.78, 5) is 4.56. The lowest BCUT2D eigenvalue weighted by Crippen LogP contribution is -2.20. The smallest absolute Gasteiger partial charge is 0.394 e. The zero-order valence-corrected chi connectivity index (χ0v) is 15.4. The van der Waals surface area contributed by atoms with Crippen LogP contribution in [0.1, 0.15) is 11.1 Å². The van der Waals surface area contributed by atoms with Gasteiger partial charge >= 0.3 is 10.4 Å². The van der Waals surface area contributed by atoms with Crippen molar-refractivity contribution in [2.24, 2.45) is 0 Å². The van der Waals surface area contributed by atoms with Gasteiger partial charge in [0.15, 0.2) is 0 Å². The summed E-state index contributed by atoms with van der Waals surface area (Å²) in [5, 5.41) is 10.3. The van der Waals surface area contributed by atoms with Gasteiger partial charge in [0.25, 0.3) is 0 Å². The van der Waals surface area contributed by atoms with E-state index in [-0.39, 0.29) is 0 Å². The molecule has 0 fully saturated rings. The predicted octanol–water partition coefficient (Wildman–Crippen LogP) is 2.92. The Labute approximate surface area is 152 Å². The lowest BCUT2D eigenvalue weighted by atomic mass is 10.0. The molecule has 0 atom stereocenters. The normalized spacial score (nSPS) is 14.8. The minimum absolute atomic E-state index is 0.405. The largest absolute Gasteiger partial charge is 0.507 e. The molecule has 0 bridgehead atoms. The number of likely N-dealkylation sites (N-methyl/N-ethyl adjacent to an activating group) is 1. The van der Waals surface area contributed by atoms with Crippen molar-refractivity contribution in [3.8, 4) is 5.75 Å². The van der Waals surface area contributed by atoms with Crippen LogP contribution in [-0.2, 0) is 23.2 Å². The van der Waals surface area contributed by atoms with Crippen molar-refractivity contribution >= 4 is 22.2 Å². The van der Waals surface area contributed by atoms with Crippen LogP contribution in [0.3, 0.4) is 0 Å². The number of nitrogens with zero attached hydrogens (tertiary/aromatic N) is 1. The summed E-state index contributed by atoms with van der Waals surface area (Å²) < 4.78 is 31.6. The van der Waals surface area contributed by atoms with Crippen LogP contribution in [0.15, 0.2) is 52.3 Å². The number of hydrogen-bond acceptors (Lipinski definition) is 5. The lowest BCUT2D eigenvalue weighted by Gasteiger charge is -2.14. The second kappa shape index (κ2) is 8.68. The highest BCUT2D eigenvalue weighted by Crippen LogP contribution is 2.39. The summed E-state index contributed by atoms with van der Waals surface area (Å²) in [6.07, 6.45) is 2.07. The van der Waals surface area contributed by atoms with E-state index in [0.717, 1.165) is 30.8 Å². The van der Waals surface area contributed by atoms with E-state index in [0.29, 0.717) is 5.75 Å². The molecule has 1 aliphatic heterocycles. The number of hydrogen-bond donors (Lipinski definition) is 3. The third kappa shape index (κ3) is 6.68. The molecule has 3 rings (SSSR count). The van der Waals surface area contributed by atoms with Crippen LogP contribution >= 0.6 is 11.8 Å². The van der Waals surface area contributed by atoms with E-state index in [1.165, 1.54) is 16.0 Å². The maximum Gasteiger partial charge on any atom is 0.394 e. The van der Waals surface area contributed by atoms with Crippen LogP contribution in [0.25, 0.3) is 0 Å². The monoisotopic (exact) mass is 383 g/mol.